The van der Waals surface area contributed by atoms with Gasteiger partial charge >= 0.3 is 0 Å². The minimum Gasteiger partial charge on any atom is -0.756 e. The monoisotopic (exact) mass is 937 g/mol. The first kappa shape index (κ1) is 62.9. The number of allylic oxidation sites excluding steroid dienone is 19. The van der Waals surface area contributed by atoms with Crippen LogP contribution in [0.1, 0.15) is 181 Å². The lowest BCUT2D eigenvalue weighted by Gasteiger charge is -2.29. The van der Waals surface area contributed by atoms with Gasteiger partial charge in [0.25, 0.3) is 7.82 Å². The molecule has 0 spiro atoms. The highest BCUT2D eigenvalue weighted by Crippen LogP contribution is 2.38. The highest BCUT2D eigenvalue weighted by atomic mass is 31.2. The number of carbonyl (C=O) groups excluding carboxylic acids is 1. The molecule has 0 rings (SSSR count). The molecule has 66 heavy (non-hydrogen) atoms. The third-order valence-corrected chi connectivity index (χ3v) is 11.6. The summed E-state index contributed by atoms with van der Waals surface area (Å²) < 4.78 is 23.2. The summed E-state index contributed by atoms with van der Waals surface area (Å²) in [5, 5.41) is 13.8. The van der Waals surface area contributed by atoms with Crippen LogP contribution in [0.2, 0.25) is 0 Å². The highest BCUT2D eigenvalue weighted by molar-refractivity contribution is 7.45. The van der Waals surface area contributed by atoms with Crippen LogP contribution in [-0.4, -0.2) is 68.5 Å². The number of aliphatic hydroxyl groups is 1. The fourth-order valence-electron chi connectivity index (χ4n) is 6.58. The fraction of sp³-hybridized carbons (Fsp3) is 0.632. The Morgan fingerprint density at radius 1 is 0.545 bits per heavy atom. The number of likely N-dealkylation sites (N-methyl/N-ethyl adjacent to an activating group) is 1. The average molecular weight is 937 g/mol. The Labute approximate surface area is 405 Å². The zero-order valence-electron chi connectivity index (χ0n) is 42.6. The summed E-state index contributed by atoms with van der Waals surface area (Å²) in [6.07, 6.45) is 69.9. The van der Waals surface area contributed by atoms with Crippen LogP contribution in [0.15, 0.2) is 122 Å². The van der Waals surface area contributed by atoms with Crippen molar-refractivity contribution in [1.82, 2.24) is 5.32 Å². The van der Waals surface area contributed by atoms with Gasteiger partial charge in [-0.25, -0.2) is 0 Å². The van der Waals surface area contributed by atoms with Crippen molar-refractivity contribution in [3.63, 3.8) is 0 Å². The number of quaternary nitrogens is 1. The number of nitrogens with one attached hydrogen (secondary N) is 1. The number of carbonyl (C=O) groups is 1. The fourth-order valence-corrected chi connectivity index (χ4v) is 7.31. The summed E-state index contributed by atoms with van der Waals surface area (Å²) in [6.45, 7) is 4.44. The molecule has 3 unspecified atom stereocenters. The molecule has 1 amide bonds. The van der Waals surface area contributed by atoms with Gasteiger partial charge < -0.3 is 28.8 Å². The molecule has 0 saturated carbocycles. The predicted octanol–water partition coefficient (Wildman–Crippen LogP) is 14.8. The Morgan fingerprint density at radius 2 is 0.939 bits per heavy atom. The first-order valence-electron chi connectivity index (χ1n) is 25.9. The van der Waals surface area contributed by atoms with Crippen LogP contribution in [-0.2, 0) is 18.4 Å². The van der Waals surface area contributed by atoms with Crippen molar-refractivity contribution >= 4 is 13.7 Å². The molecule has 0 aliphatic rings. The lowest BCUT2D eigenvalue weighted by molar-refractivity contribution is -0.870. The molecule has 9 heteroatoms. The molecule has 0 aromatic heterocycles. The van der Waals surface area contributed by atoms with Gasteiger partial charge in [0, 0.05) is 6.42 Å². The van der Waals surface area contributed by atoms with Gasteiger partial charge in [0.1, 0.15) is 13.2 Å². The topological polar surface area (TPSA) is 108 Å². The van der Waals surface area contributed by atoms with E-state index in [2.05, 4.69) is 129 Å². The van der Waals surface area contributed by atoms with E-state index in [9.17, 15) is 19.4 Å². The minimum atomic E-state index is -4.63. The van der Waals surface area contributed by atoms with Crippen molar-refractivity contribution in [1.29, 1.82) is 0 Å². The summed E-state index contributed by atoms with van der Waals surface area (Å²) in [4.78, 5) is 25.4. The van der Waals surface area contributed by atoms with Crippen LogP contribution in [0.3, 0.4) is 0 Å². The SMILES string of the molecule is CC/C=C\C/C=C\C/C=C\C/C=C\C/C=C\C/C=C\C/C=C\CCCC(=O)NC(COP(=O)([O-])OCC[N+](C)(C)C)C(O)/C=C/CC/C=C/CC/C=C/CCCCCCCCCCCCC. The molecule has 376 valence electrons. The van der Waals surface area contributed by atoms with Gasteiger partial charge in [-0.15, -0.1) is 0 Å². The molecule has 8 nitrogen and oxygen atoms in total. The number of aliphatic hydroxyl groups excluding tert-OH is 1. The van der Waals surface area contributed by atoms with E-state index in [-0.39, 0.29) is 18.9 Å². The number of hydrogen-bond donors (Lipinski definition) is 2. The van der Waals surface area contributed by atoms with E-state index in [0.29, 0.717) is 23.9 Å². The molecular weight excluding hydrogens is 840 g/mol. The van der Waals surface area contributed by atoms with Crippen LogP contribution in [0.4, 0.5) is 0 Å². The zero-order chi connectivity index (χ0) is 48.5. The van der Waals surface area contributed by atoms with Crippen molar-refractivity contribution < 1.29 is 32.9 Å². The number of phosphoric ester groups is 1. The van der Waals surface area contributed by atoms with Crippen LogP contribution in [0.25, 0.3) is 0 Å². The summed E-state index contributed by atoms with van der Waals surface area (Å²) in [5.41, 5.74) is 0. The van der Waals surface area contributed by atoms with Gasteiger partial charge in [-0.05, 0) is 96.3 Å². The van der Waals surface area contributed by atoms with Crippen molar-refractivity contribution in [2.24, 2.45) is 0 Å². The van der Waals surface area contributed by atoms with Crippen molar-refractivity contribution in [2.45, 2.75) is 193 Å². The molecule has 0 bridgehead atoms. The largest absolute Gasteiger partial charge is 0.756 e. The van der Waals surface area contributed by atoms with E-state index in [1.165, 1.54) is 77.0 Å². The number of phosphoric acid groups is 1. The van der Waals surface area contributed by atoms with E-state index in [0.717, 1.165) is 70.6 Å². The smallest absolute Gasteiger partial charge is 0.268 e. The quantitative estimate of drug-likeness (QED) is 0.0273. The standard InChI is InChI=1S/C57H97N2O6P/c1-6-8-10-12-14-16-18-20-22-24-26-28-29-31-33-35-37-39-41-43-45-47-49-51-57(61)58-55(54-65-66(62,63)64-53-52-59(3,4)5)56(60)50-48-46-44-42-40-38-36-34-32-30-27-25-23-21-19-17-15-13-11-9-7-2/h8,10,14,16,20,22,26,28,31-34,37,39-40,42-43,45,48,50,55-56,60H,6-7,9,11-13,15,17-19,21,23-25,27,29-30,35-36,38,41,44,46-47,49,51-54H2,1-5H3,(H-,58,61,62,63)/b10-8-,16-14-,22-20-,28-26-,33-31-,34-32+,39-37-,42-40+,45-43-,50-48+. The molecule has 0 radical (unpaired) electrons. The molecule has 0 aliphatic carbocycles. The Balaban J connectivity index is 4.54. The maximum Gasteiger partial charge on any atom is 0.268 e. The van der Waals surface area contributed by atoms with Gasteiger partial charge in [0.2, 0.25) is 5.91 Å². The van der Waals surface area contributed by atoms with Crippen LogP contribution >= 0.6 is 7.82 Å². The van der Waals surface area contributed by atoms with Crippen LogP contribution in [0, 0.1) is 0 Å². The lowest BCUT2D eigenvalue weighted by Crippen LogP contribution is -2.45. The molecule has 0 aliphatic heterocycles. The van der Waals surface area contributed by atoms with E-state index in [4.69, 9.17) is 9.05 Å². The summed E-state index contributed by atoms with van der Waals surface area (Å²) >= 11 is 0. The molecule has 2 N–H and O–H groups in total. The Hall–Kier alpha value is -3.10. The van der Waals surface area contributed by atoms with Crippen molar-refractivity contribution in [2.75, 3.05) is 40.9 Å². The molecule has 0 aromatic rings. The number of unbranched alkanes of at least 4 members (excludes halogenated alkanes) is 14. The zero-order valence-corrected chi connectivity index (χ0v) is 43.5. The molecule has 0 fully saturated rings. The van der Waals surface area contributed by atoms with Gasteiger partial charge in [0.15, 0.2) is 0 Å². The summed E-state index contributed by atoms with van der Waals surface area (Å²) in [5.74, 6) is -0.274. The van der Waals surface area contributed by atoms with E-state index >= 15 is 0 Å². The lowest BCUT2D eigenvalue weighted by atomic mass is 10.1. The maximum atomic E-state index is 12.9. The van der Waals surface area contributed by atoms with Crippen molar-refractivity contribution in [3.8, 4) is 0 Å². The third kappa shape index (κ3) is 48.8. The Kier molecular flexibility index (Phi) is 44.8. The van der Waals surface area contributed by atoms with Crippen molar-refractivity contribution in [3.05, 3.63) is 122 Å². The molecule has 0 aromatic carbocycles. The predicted molar refractivity (Wildman–Crippen MR) is 283 cm³/mol. The van der Waals surface area contributed by atoms with E-state index < -0.39 is 26.6 Å². The van der Waals surface area contributed by atoms with Gasteiger partial charge in [-0.3, -0.25) is 9.36 Å². The summed E-state index contributed by atoms with van der Waals surface area (Å²) in [6, 6.07) is -0.950. The second kappa shape index (κ2) is 47.0. The second-order valence-electron chi connectivity index (χ2n) is 18.1. The number of amides is 1. The normalized spacial score (nSPS) is 15.1. The highest BCUT2D eigenvalue weighted by Gasteiger charge is 2.23. The van der Waals surface area contributed by atoms with Crippen LogP contribution in [0.5, 0.6) is 0 Å². The third-order valence-electron chi connectivity index (χ3n) is 10.6. The average Bonchev–Trinajstić information content (AvgIpc) is 3.28. The van der Waals surface area contributed by atoms with Gasteiger partial charge in [0.05, 0.1) is 39.9 Å². The van der Waals surface area contributed by atoms with E-state index in [1.54, 1.807) is 6.08 Å². The first-order valence-corrected chi connectivity index (χ1v) is 27.4. The van der Waals surface area contributed by atoms with E-state index in [1.807, 2.05) is 27.2 Å². The number of rotatable bonds is 45. The maximum absolute atomic E-state index is 12.9. The minimum absolute atomic E-state index is 0.0272. The molecule has 0 heterocycles. The summed E-state index contributed by atoms with van der Waals surface area (Å²) in [7, 11) is 1.18. The van der Waals surface area contributed by atoms with Crippen LogP contribution < -0.4 is 10.2 Å². The Morgan fingerprint density at radius 3 is 1.41 bits per heavy atom. The van der Waals surface area contributed by atoms with Gasteiger partial charge in [-0.1, -0.05) is 200 Å². The Bertz CT molecular complexity index is 1480. The number of nitrogens with zero attached hydrogens (tertiary/aromatic N) is 1. The first-order chi connectivity index (χ1) is 32.0. The molecule has 3 atom stereocenters. The molecular formula is C57H97N2O6P. The second-order valence-corrected chi connectivity index (χ2v) is 19.5. The number of hydrogen-bond acceptors (Lipinski definition) is 6. The molecule has 0 saturated heterocycles. The van der Waals surface area contributed by atoms with Gasteiger partial charge in [-0.2, -0.15) is 0 Å².